The molecule has 0 aliphatic carbocycles. The van der Waals surface area contributed by atoms with Crippen LogP contribution in [0.2, 0.25) is 0 Å². The number of aryl methyl sites for hydroxylation is 1. The molecular formula is C15H29N3. The normalized spacial score (nSPS) is 13.5. The molecule has 0 aliphatic rings. The molecule has 1 heterocycles. The first-order valence-electron chi connectivity index (χ1n) is 7.25. The highest BCUT2D eigenvalue weighted by Crippen LogP contribution is 2.16. The van der Waals surface area contributed by atoms with Crippen LogP contribution in [0.15, 0.2) is 12.4 Å². The van der Waals surface area contributed by atoms with Gasteiger partial charge in [-0.15, -0.1) is 0 Å². The van der Waals surface area contributed by atoms with Crippen molar-refractivity contribution in [2.75, 3.05) is 13.1 Å². The molecule has 1 unspecified atom stereocenters. The van der Waals surface area contributed by atoms with Gasteiger partial charge in [-0.05, 0) is 49.8 Å². The molecule has 0 saturated heterocycles. The van der Waals surface area contributed by atoms with E-state index in [0.29, 0.717) is 11.8 Å². The van der Waals surface area contributed by atoms with Crippen molar-refractivity contribution in [1.82, 2.24) is 15.1 Å². The minimum Gasteiger partial charge on any atom is -0.316 e. The third-order valence-electron chi connectivity index (χ3n) is 3.41. The zero-order chi connectivity index (χ0) is 13.5. The lowest BCUT2D eigenvalue weighted by Crippen LogP contribution is -2.30. The predicted molar refractivity (Wildman–Crippen MR) is 77.6 cm³/mol. The van der Waals surface area contributed by atoms with Crippen molar-refractivity contribution in [3.05, 3.63) is 18.0 Å². The van der Waals surface area contributed by atoms with E-state index in [4.69, 9.17) is 0 Å². The van der Waals surface area contributed by atoms with Crippen LogP contribution in [0.1, 0.15) is 40.2 Å². The number of hydrogen-bond donors (Lipinski definition) is 1. The Morgan fingerprint density at radius 2 is 1.94 bits per heavy atom. The summed E-state index contributed by atoms with van der Waals surface area (Å²) in [7, 11) is 0. The molecular weight excluding hydrogens is 222 g/mol. The molecule has 0 fully saturated rings. The minimum absolute atomic E-state index is 0.693. The summed E-state index contributed by atoms with van der Waals surface area (Å²) in [4.78, 5) is 0. The quantitative estimate of drug-likeness (QED) is 0.770. The lowest BCUT2D eigenvalue weighted by Gasteiger charge is -2.21. The van der Waals surface area contributed by atoms with Crippen LogP contribution in [0.25, 0.3) is 0 Å². The Morgan fingerprint density at radius 1 is 1.22 bits per heavy atom. The average Bonchev–Trinajstić information content (AvgIpc) is 2.74. The van der Waals surface area contributed by atoms with Crippen molar-refractivity contribution < 1.29 is 0 Å². The second-order valence-electron chi connectivity index (χ2n) is 5.96. The molecule has 3 heteroatoms. The van der Waals surface area contributed by atoms with Crippen LogP contribution in [0.5, 0.6) is 0 Å². The smallest absolute Gasteiger partial charge is 0.0521 e. The lowest BCUT2D eigenvalue weighted by atomic mass is 9.90. The van der Waals surface area contributed by atoms with Crippen LogP contribution in [-0.2, 0) is 13.0 Å². The molecule has 0 spiro atoms. The van der Waals surface area contributed by atoms with Crippen LogP contribution in [-0.4, -0.2) is 22.9 Å². The van der Waals surface area contributed by atoms with Gasteiger partial charge in [0.15, 0.2) is 0 Å². The third kappa shape index (κ3) is 5.21. The number of nitrogens with one attached hydrogen (secondary N) is 1. The molecule has 1 N–H and O–H groups in total. The van der Waals surface area contributed by atoms with Gasteiger partial charge in [0.1, 0.15) is 0 Å². The Bertz CT molecular complexity index is 328. The SMILES string of the molecule is CCn1cc(CC(CNCC(C)C)C(C)C)cn1. The maximum atomic E-state index is 4.35. The maximum absolute atomic E-state index is 4.35. The van der Waals surface area contributed by atoms with E-state index in [9.17, 15) is 0 Å². The van der Waals surface area contributed by atoms with Gasteiger partial charge in [-0.1, -0.05) is 27.7 Å². The van der Waals surface area contributed by atoms with Crippen molar-refractivity contribution in [2.24, 2.45) is 17.8 Å². The molecule has 1 aromatic rings. The average molecular weight is 251 g/mol. The van der Waals surface area contributed by atoms with E-state index in [1.807, 2.05) is 10.9 Å². The van der Waals surface area contributed by atoms with Gasteiger partial charge < -0.3 is 5.32 Å². The van der Waals surface area contributed by atoms with Gasteiger partial charge in [0.2, 0.25) is 0 Å². The molecule has 0 bridgehead atoms. The van der Waals surface area contributed by atoms with Gasteiger partial charge in [-0.3, -0.25) is 4.68 Å². The highest BCUT2D eigenvalue weighted by molar-refractivity contribution is 5.05. The molecule has 1 aromatic heterocycles. The fraction of sp³-hybridized carbons (Fsp3) is 0.800. The summed E-state index contributed by atoms with van der Waals surface area (Å²) in [5.74, 6) is 2.12. The van der Waals surface area contributed by atoms with Gasteiger partial charge in [-0.25, -0.2) is 0 Å². The molecule has 104 valence electrons. The van der Waals surface area contributed by atoms with Crippen LogP contribution in [0.3, 0.4) is 0 Å². The molecule has 0 amide bonds. The fourth-order valence-electron chi connectivity index (χ4n) is 2.09. The Morgan fingerprint density at radius 3 is 2.44 bits per heavy atom. The maximum Gasteiger partial charge on any atom is 0.0521 e. The molecule has 18 heavy (non-hydrogen) atoms. The third-order valence-corrected chi connectivity index (χ3v) is 3.41. The van der Waals surface area contributed by atoms with Gasteiger partial charge in [-0.2, -0.15) is 5.10 Å². The summed E-state index contributed by atoms with van der Waals surface area (Å²) >= 11 is 0. The van der Waals surface area contributed by atoms with Gasteiger partial charge in [0.25, 0.3) is 0 Å². The molecule has 1 rings (SSSR count). The van der Waals surface area contributed by atoms with Crippen molar-refractivity contribution >= 4 is 0 Å². The summed E-state index contributed by atoms with van der Waals surface area (Å²) in [5.41, 5.74) is 1.36. The van der Waals surface area contributed by atoms with E-state index < -0.39 is 0 Å². The Labute approximate surface area is 112 Å². The molecule has 0 aromatic carbocycles. The number of hydrogen-bond acceptors (Lipinski definition) is 2. The van der Waals surface area contributed by atoms with Crippen LogP contribution in [0, 0.1) is 17.8 Å². The van der Waals surface area contributed by atoms with E-state index in [-0.39, 0.29) is 0 Å². The summed E-state index contributed by atoms with van der Waals surface area (Å²) in [6.45, 7) is 14.4. The standard InChI is InChI=1S/C15H29N3/c1-6-18-11-14(9-17-18)7-15(13(4)5)10-16-8-12(2)3/h9,11-13,15-16H,6-8,10H2,1-5H3. The number of rotatable bonds is 8. The Hall–Kier alpha value is -0.830. The zero-order valence-corrected chi connectivity index (χ0v) is 12.6. The van der Waals surface area contributed by atoms with E-state index >= 15 is 0 Å². The summed E-state index contributed by atoms with van der Waals surface area (Å²) in [6.07, 6.45) is 5.32. The second-order valence-corrected chi connectivity index (χ2v) is 5.96. The minimum atomic E-state index is 0.693. The topological polar surface area (TPSA) is 29.9 Å². The van der Waals surface area contributed by atoms with E-state index in [1.54, 1.807) is 0 Å². The van der Waals surface area contributed by atoms with Gasteiger partial charge >= 0.3 is 0 Å². The molecule has 0 saturated carbocycles. The van der Waals surface area contributed by atoms with Crippen LogP contribution < -0.4 is 5.32 Å². The summed E-state index contributed by atoms with van der Waals surface area (Å²) < 4.78 is 2.01. The van der Waals surface area contributed by atoms with E-state index in [1.165, 1.54) is 5.56 Å². The van der Waals surface area contributed by atoms with Crippen molar-refractivity contribution in [3.8, 4) is 0 Å². The first kappa shape index (κ1) is 15.2. The monoisotopic (exact) mass is 251 g/mol. The predicted octanol–water partition coefficient (Wildman–Crippen LogP) is 2.96. The van der Waals surface area contributed by atoms with Crippen molar-refractivity contribution in [2.45, 2.75) is 47.6 Å². The summed E-state index contributed by atoms with van der Waals surface area (Å²) in [5, 5.41) is 7.93. The first-order chi connectivity index (χ1) is 8.52. The highest BCUT2D eigenvalue weighted by atomic mass is 15.3. The molecule has 0 radical (unpaired) electrons. The lowest BCUT2D eigenvalue weighted by molar-refractivity contribution is 0.352. The molecule has 0 aliphatic heterocycles. The summed E-state index contributed by atoms with van der Waals surface area (Å²) in [6, 6.07) is 0. The Kier molecular flexibility index (Phi) is 6.41. The van der Waals surface area contributed by atoms with Gasteiger partial charge in [0, 0.05) is 12.7 Å². The van der Waals surface area contributed by atoms with E-state index in [0.717, 1.165) is 32.0 Å². The first-order valence-corrected chi connectivity index (χ1v) is 7.25. The zero-order valence-electron chi connectivity index (χ0n) is 12.6. The number of nitrogens with zero attached hydrogens (tertiary/aromatic N) is 2. The molecule has 3 nitrogen and oxygen atoms in total. The largest absolute Gasteiger partial charge is 0.316 e. The Balaban J connectivity index is 2.46. The highest BCUT2D eigenvalue weighted by Gasteiger charge is 2.14. The number of aromatic nitrogens is 2. The van der Waals surface area contributed by atoms with E-state index in [2.05, 4.69) is 51.2 Å². The second kappa shape index (κ2) is 7.57. The molecule has 1 atom stereocenters. The van der Waals surface area contributed by atoms with Crippen LogP contribution >= 0.6 is 0 Å². The van der Waals surface area contributed by atoms with Crippen molar-refractivity contribution in [3.63, 3.8) is 0 Å². The van der Waals surface area contributed by atoms with Crippen molar-refractivity contribution in [1.29, 1.82) is 0 Å². The fourth-order valence-corrected chi connectivity index (χ4v) is 2.09. The van der Waals surface area contributed by atoms with Gasteiger partial charge in [0.05, 0.1) is 6.20 Å². The van der Waals surface area contributed by atoms with Crippen LogP contribution in [0.4, 0.5) is 0 Å².